The molecule has 0 saturated carbocycles. The summed E-state index contributed by atoms with van der Waals surface area (Å²) in [5, 5.41) is 6.20. The summed E-state index contributed by atoms with van der Waals surface area (Å²) in [6.07, 6.45) is 0.974. The smallest absolute Gasteiger partial charge is 0.330 e. The van der Waals surface area contributed by atoms with Crippen LogP contribution in [0.4, 0.5) is 0 Å². The number of nitrogens with two attached hydrogens (primary N) is 1. The van der Waals surface area contributed by atoms with Gasteiger partial charge in [0.2, 0.25) is 17.7 Å². The summed E-state index contributed by atoms with van der Waals surface area (Å²) in [5.74, 6) is -2.34. The molecule has 1 heterocycles. The molecule has 1 atom stereocenters. The van der Waals surface area contributed by atoms with Gasteiger partial charge in [-0.3, -0.25) is 19.2 Å². The fourth-order valence-electron chi connectivity index (χ4n) is 4.20. The van der Waals surface area contributed by atoms with E-state index in [-0.39, 0.29) is 30.2 Å². The van der Waals surface area contributed by atoms with E-state index in [0.29, 0.717) is 34.9 Å². The van der Waals surface area contributed by atoms with Crippen LogP contribution in [-0.4, -0.2) is 47.8 Å². The van der Waals surface area contributed by atoms with Crippen molar-refractivity contribution in [3.8, 4) is 17.2 Å². The van der Waals surface area contributed by atoms with Crippen molar-refractivity contribution in [1.29, 1.82) is 0 Å². The number of carbonyl (C=O) groups is 5. The molecule has 11 nitrogen and oxygen atoms in total. The van der Waals surface area contributed by atoms with Crippen LogP contribution in [-0.2, 0) is 30.4 Å². The maximum absolute atomic E-state index is 12.8. The van der Waals surface area contributed by atoms with E-state index in [2.05, 4.69) is 10.6 Å². The third-order valence-electron chi connectivity index (χ3n) is 6.41. The van der Waals surface area contributed by atoms with Gasteiger partial charge in [-0.2, -0.15) is 0 Å². The second-order valence-electron chi connectivity index (χ2n) is 11.4. The van der Waals surface area contributed by atoms with E-state index < -0.39 is 47.4 Å². The number of primary amides is 1. The van der Waals surface area contributed by atoms with E-state index in [9.17, 15) is 24.0 Å². The minimum absolute atomic E-state index is 0.0412. The summed E-state index contributed by atoms with van der Waals surface area (Å²) in [6, 6.07) is 6.11. The summed E-state index contributed by atoms with van der Waals surface area (Å²) in [6.45, 7) is 9.77. The predicted molar refractivity (Wildman–Crippen MR) is 147 cm³/mol. The molecule has 1 aliphatic rings. The fourth-order valence-corrected chi connectivity index (χ4v) is 4.20. The van der Waals surface area contributed by atoms with Gasteiger partial charge in [-0.15, -0.1) is 0 Å². The number of esters is 2. The topological polar surface area (TPSA) is 163 Å². The summed E-state index contributed by atoms with van der Waals surface area (Å²) in [4.78, 5) is 61.2. The first kappa shape index (κ1) is 30.4. The molecule has 3 amide bonds. The largest absolute Gasteiger partial charge is 0.487 e. The average molecular weight is 556 g/mol. The number of benzene rings is 2. The molecule has 0 saturated heterocycles. The SMILES string of the molecule is CC(=O)Oc1c2c(c3ccccc3c1OC(=O)CNC(=O)CCC(NC(=O)C(C)(C)C)C(N)=O)OC(C)(C)CC2. The Kier molecular flexibility index (Phi) is 9.07. The van der Waals surface area contributed by atoms with Gasteiger partial charge in [-0.05, 0) is 33.1 Å². The molecule has 40 heavy (non-hydrogen) atoms. The Bertz CT molecular complexity index is 1340. The van der Waals surface area contributed by atoms with Crippen LogP contribution in [0.15, 0.2) is 24.3 Å². The van der Waals surface area contributed by atoms with Crippen molar-refractivity contribution in [3.05, 3.63) is 29.8 Å². The number of ether oxygens (including phenoxy) is 3. The van der Waals surface area contributed by atoms with Gasteiger partial charge in [0.15, 0.2) is 11.5 Å². The predicted octanol–water partition coefficient (Wildman–Crippen LogP) is 2.69. The molecule has 0 bridgehead atoms. The van der Waals surface area contributed by atoms with Crippen molar-refractivity contribution in [3.63, 3.8) is 0 Å². The third kappa shape index (κ3) is 7.49. The first-order valence-corrected chi connectivity index (χ1v) is 13.1. The maximum Gasteiger partial charge on any atom is 0.330 e. The van der Waals surface area contributed by atoms with E-state index in [0.717, 1.165) is 0 Å². The second kappa shape index (κ2) is 11.9. The highest BCUT2D eigenvalue weighted by atomic mass is 16.6. The molecule has 2 aromatic rings. The van der Waals surface area contributed by atoms with Gasteiger partial charge in [0, 0.05) is 35.1 Å². The van der Waals surface area contributed by atoms with E-state index in [4.69, 9.17) is 19.9 Å². The van der Waals surface area contributed by atoms with Crippen LogP contribution in [0.3, 0.4) is 0 Å². The Balaban J connectivity index is 1.75. The van der Waals surface area contributed by atoms with E-state index >= 15 is 0 Å². The maximum atomic E-state index is 12.8. The Morgan fingerprint density at radius 2 is 1.70 bits per heavy atom. The van der Waals surface area contributed by atoms with Crippen molar-refractivity contribution in [2.75, 3.05) is 6.54 Å². The number of fused-ring (bicyclic) bond motifs is 3. The van der Waals surface area contributed by atoms with Crippen molar-refractivity contribution in [2.24, 2.45) is 11.1 Å². The molecule has 11 heteroatoms. The Morgan fingerprint density at radius 1 is 1.05 bits per heavy atom. The lowest BCUT2D eigenvalue weighted by molar-refractivity contribution is -0.136. The lowest BCUT2D eigenvalue weighted by atomic mass is 9.91. The zero-order valence-corrected chi connectivity index (χ0v) is 23.8. The number of amides is 3. The normalized spacial score (nSPS) is 14.8. The molecule has 4 N–H and O–H groups in total. The van der Waals surface area contributed by atoms with Gasteiger partial charge in [-0.25, -0.2) is 4.79 Å². The van der Waals surface area contributed by atoms with Crippen molar-refractivity contribution < 1.29 is 38.2 Å². The van der Waals surface area contributed by atoms with Gasteiger partial charge >= 0.3 is 11.9 Å². The molecule has 1 aliphatic heterocycles. The van der Waals surface area contributed by atoms with Crippen LogP contribution in [0, 0.1) is 5.41 Å². The summed E-state index contributed by atoms with van der Waals surface area (Å²) < 4.78 is 17.4. The van der Waals surface area contributed by atoms with Crippen LogP contribution in [0.1, 0.15) is 66.4 Å². The van der Waals surface area contributed by atoms with Gasteiger partial charge in [0.25, 0.3) is 0 Å². The summed E-state index contributed by atoms with van der Waals surface area (Å²) >= 11 is 0. The lowest BCUT2D eigenvalue weighted by Crippen LogP contribution is -2.48. The third-order valence-corrected chi connectivity index (χ3v) is 6.41. The zero-order chi connectivity index (χ0) is 29.8. The van der Waals surface area contributed by atoms with Gasteiger partial charge in [-0.1, -0.05) is 45.0 Å². The van der Waals surface area contributed by atoms with Crippen LogP contribution in [0.25, 0.3) is 10.8 Å². The van der Waals surface area contributed by atoms with Gasteiger partial charge in [0.1, 0.15) is 23.9 Å². The summed E-state index contributed by atoms with van der Waals surface area (Å²) in [5.41, 5.74) is 4.82. The van der Waals surface area contributed by atoms with Crippen molar-refractivity contribution >= 4 is 40.4 Å². The van der Waals surface area contributed by atoms with Crippen LogP contribution in [0.2, 0.25) is 0 Å². The van der Waals surface area contributed by atoms with Crippen LogP contribution in [0.5, 0.6) is 17.2 Å². The molecular weight excluding hydrogens is 518 g/mol. The Hall–Kier alpha value is -4.15. The minimum Gasteiger partial charge on any atom is -0.487 e. The molecule has 216 valence electrons. The van der Waals surface area contributed by atoms with Gasteiger partial charge < -0.3 is 30.6 Å². The van der Waals surface area contributed by atoms with Crippen molar-refractivity contribution in [2.45, 2.75) is 78.9 Å². The van der Waals surface area contributed by atoms with Crippen molar-refractivity contribution in [1.82, 2.24) is 10.6 Å². The van der Waals surface area contributed by atoms with Crippen LogP contribution >= 0.6 is 0 Å². The van der Waals surface area contributed by atoms with E-state index in [1.54, 1.807) is 32.9 Å². The number of hydrogen-bond acceptors (Lipinski definition) is 8. The molecule has 0 fully saturated rings. The number of rotatable bonds is 9. The number of nitrogens with one attached hydrogen (secondary N) is 2. The molecule has 0 spiro atoms. The first-order valence-electron chi connectivity index (χ1n) is 13.1. The first-order chi connectivity index (χ1) is 18.6. The monoisotopic (exact) mass is 555 g/mol. The number of carbonyl (C=O) groups excluding carboxylic acids is 5. The lowest BCUT2D eigenvalue weighted by Gasteiger charge is -2.34. The highest BCUT2D eigenvalue weighted by Crippen LogP contribution is 2.50. The van der Waals surface area contributed by atoms with E-state index in [1.807, 2.05) is 26.0 Å². The molecule has 2 aromatic carbocycles. The van der Waals surface area contributed by atoms with Crippen LogP contribution < -0.4 is 30.6 Å². The molecule has 3 rings (SSSR count). The highest BCUT2D eigenvalue weighted by molar-refractivity contribution is 6.00. The number of hydrogen-bond donors (Lipinski definition) is 3. The molecular formula is C29H37N3O8. The second-order valence-corrected chi connectivity index (χ2v) is 11.4. The average Bonchev–Trinajstić information content (AvgIpc) is 2.85. The molecule has 0 radical (unpaired) electrons. The quantitative estimate of drug-likeness (QED) is 0.314. The highest BCUT2D eigenvalue weighted by Gasteiger charge is 2.34. The van der Waals surface area contributed by atoms with E-state index in [1.165, 1.54) is 6.92 Å². The molecule has 1 unspecified atom stereocenters. The Morgan fingerprint density at radius 3 is 2.30 bits per heavy atom. The Labute approximate surface area is 233 Å². The van der Waals surface area contributed by atoms with Gasteiger partial charge in [0.05, 0.1) is 0 Å². The zero-order valence-electron chi connectivity index (χ0n) is 23.8. The summed E-state index contributed by atoms with van der Waals surface area (Å²) in [7, 11) is 0. The fraction of sp³-hybridized carbons (Fsp3) is 0.483. The molecule has 0 aliphatic carbocycles. The molecule has 0 aromatic heterocycles. The minimum atomic E-state index is -1.04. The standard InChI is InChI=1S/C29H37N3O8/c1-16(33)38-25-19-13-14-29(5,6)40-23(19)17-9-7-8-10-18(17)24(25)39-22(35)15-31-21(34)12-11-20(26(30)36)32-27(37)28(2,3)4/h7-10,20H,11-15H2,1-6H3,(H2,30,36)(H,31,34)(H,32,37).